The number of rotatable bonds is 3. The molecule has 4 bridgehead atoms. The van der Waals surface area contributed by atoms with Crippen LogP contribution in [-0.4, -0.2) is 145 Å². The third-order valence-electron chi connectivity index (χ3n) is 19.5. The molecular weight excluding hydrogens is 971 g/mol. The molecule has 7 heterocycles. The predicted octanol–water partition coefficient (Wildman–Crippen LogP) is 2.42. The number of ether oxygens (including phenoxy) is 3. The van der Waals surface area contributed by atoms with Crippen LogP contribution in [0.15, 0.2) is 52.8 Å². The van der Waals surface area contributed by atoms with E-state index in [1.807, 2.05) is 37.3 Å². The summed E-state index contributed by atoms with van der Waals surface area (Å²) >= 11 is 0. The van der Waals surface area contributed by atoms with E-state index in [-0.39, 0.29) is 44.0 Å². The normalized spacial score (nSPS) is 42.8. The Morgan fingerprint density at radius 3 is 2.32 bits per heavy atom. The molecule has 3 aromatic rings. The smallest absolute Gasteiger partial charge is 0.394 e. The number of pyridine rings is 2. The third kappa shape index (κ3) is 7.13. The lowest BCUT2D eigenvalue weighted by atomic mass is 9.49. The first-order valence-electron chi connectivity index (χ1n) is 25.3. The molecule has 398 valence electrons. The van der Waals surface area contributed by atoms with Crippen LogP contribution in [0.25, 0.3) is 22.3 Å². The van der Waals surface area contributed by atoms with Crippen LogP contribution in [0.1, 0.15) is 116 Å². The molecule has 7 fully saturated rings. The fourth-order valence-electron chi connectivity index (χ4n) is 15.7. The summed E-state index contributed by atoms with van der Waals surface area (Å²) in [5, 5.41) is 85.8. The van der Waals surface area contributed by atoms with Gasteiger partial charge in [0, 0.05) is 77.2 Å². The van der Waals surface area contributed by atoms with Gasteiger partial charge in [-0.15, -0.1) is 0 Å². The van der Waals surface area contributed by atoms with Gasteiger partial charge in [-0.3, -0.25) is 18.8 Å². The van der Waals surface area contributed by atoms with Crippen molar-refractivity contribution >= 4 is 33.2 Å². The third-order valence-corrected chi connectivity index (χ3v) is 19.5. The lowest BCUT2D eigenvalue weighted by Gasteiger charge is -2.68. The number of cyclic esters (lactones) is 1. The van der Waals surface area contributed by atoms with E-state index in [1.165, 1.54) is 0 Å². The van der Waals surface area contributed by atoms with Gasteiger partial charge in [-0.2, -0.15) is 8.42 Å². The van der Waals surface area contributed by atoms with Crippen molar-refractivity contribution in [1.29, 1.82) is 0 Å². The average Bonchev–Trinajstić information content (AvgIpc) is 3.76. The number of allylic oxidation sites excluding steroid dienone is 1. The van der Waals surface area contributed by atoms with E-state index in [9.17, 15) is 50.1 Å². The number of carbonyl (C=O) groups is 2. The Labute approximate surface area is 422 Å². The maximum Gasteiger partial charge on any atom is 0.394 e. The van der Waals surface area contributed by atoms with Crippen molar-refractivity contribution in [3.05, 3.63) is 75.1 Å². The molecule has 20 nitrogen and oxygen atoms in total. The van der Waals surface area contributed by atoms with Crippen LogP contribution in [-0.2, 0) is 53.0 Å². The van der Waals surface area contributed by atoms with Crippen molar-refractivity contribution in [1.82, 2.24) is 14.5 Å². The average molecular weight is 1040 g/mol. The fourth-order valence-corrected chi connectivity index (χ4v) is 15.7. The van der Waals surface area contributed by atoms with Gasteiger partial charge < -0.3 is 54.5 Å². The number of esters is 2. The number of aliphatic hydroxyl groups is 7. The molecule has 21 heteroatoms. The topological polar surface area (TPSA) is 316 Å². The van der Waals surface area contributed by atoms with Crippen LogP contribution in [0, 0.1) is 29.1 Å². The van der Waals surface area contributed by atoms with Crippen LogP contribution in [0.4, 0.5) is 0 Å². The first-order chi connectivity index (χ1) is 34.0. The molecule has 15 unspecified atom stereocenters. The number of fused-ring (bicyclic) bond motifs is 10. The molecule has 1 aromatic carbocycles. The monoisotopic (exact) mass is 1040 g/mol. The number of hydrogen-bond acceptors (Lipinski definition) is 17. The summed E-state index contributed by atoms with van der Waals surface area (Å²) in [6, 6.07) is 11.2. The molecule has 73 heavy (non-hydrogen) atoms. The molecule has 0 amide bonds. The Hall–Kier alpha value is -4.23. The van der Waals surface area contributed by atoms with E-state index in [1.54, 1.807) is 44.4 Å². The first kappa shape index (κ1) is 52.2. The van der Waals surface area contributed by atoms with E-state index in [0.29, 0.717) is 73.5 Å². The van der Waals surface area contributed by atoms with Gasteiger partial charge in [-0.25, -0.2) is 14.6 Å². The molecule has 9 aliphatic rings. The van der Waals surface area contributed by atoms with Crippen LogP contribution >= 0.6 is 0 Å². The number of para-hydroxylation sites is 1. The first-order valence-corrected chi connectivity index (χ1v) is 26.7. The molecule has 4 aliphatic carbocycles. The maximum absolute atomic E-state index is 13.0. The van der Waals surface area contributed by atoms with Crippen LogP contribution in [0.2, 0.25) is 0 Å². The standard InChI is InChI=1S/C32H49NO9.C20H16N2O4.H2O4S/c1-6-18(3)25(35)41-24-11-12-26(4)19-8-9-20-28(37)13-23(34)31(39)21(29(28,38)16-30(20,26)42-32(19,24)40)15-33-14-17(2)7-10-22(33)27(31,5)36;1-2-20(25)14-8-16-17-12(7-11-5-3-4-6-15(11)21-17)9-22(16)18(23)13(14)10-26-19(20)24;1-5(2,3)4/h6,17,19-24,34,36-40H,7-16H2,1-5H3;3-8,25H,2,9-10H2,1H3;(H2,1,2,3,4). The SMILES string of the molecule is CC=C(C)C(=O)OC1CCC2(C)C3CCC4C5(O)CC(O)C6(O)C(CN7CC(C)CCC7C6(C)O)C5(O)CC42OC13O.CCC1(O)C(=O)OCc2c1cc1n(c2=O)Cc2cc3ccccc3nc2-1.O=S(=O)(O)O. The van der Waals surface area contributed by atoms with Gasteiger partial charge in [0.2, 0.25) is 5.79 Å². The lowest BCUT2D eigenvalue weighted by Crippen LogP contribution is -2.85. The number of piperidine rings is 2. The number of aromatic nitrogens is 2. The molecule has 12 rings (SSSR count). The van der Waals surface area contributed by atoms with Crippen LogP contribution < -0.4 is 5.56 Å². The largest absolute Gasteiger partial charge is 0.458 e. The van der Waals surface area contributed by atoms with E-state index >= 15 is 0 Å². The molecule has 1 spiro atoms. The number of benzene rings is 1. The summed E-state index contributed by atoms with van der Waals surface area (Å²) in [7, 11) is -4.67. The minimum atomic E-state index is -4.67. The fraction of sp³-hybridized carbons (Fsp3) is 0.654. The Morgan fingerprint density at radius 1 is 0.945 bits per heavy atom. The van der Waals surface area contributed by atoms with Gasteiger partial charge in [0.05, 0.1) is 40.7 Å². The van der Waals surface area contributed by atoms with E-state index < -0.39 is 97.1 Å². The number of hydrogen-bond donors (Lipinski definition) is 9. The lowest BCUT2D eigenvalue weighted by molar-refractivity contribution is -0.354. The quantitative estimate of drug-likeness (QED) is 0.0808. The summed E-state index contributed by atoms with van der Waals surface area (Å²) < 4.78 is 50.9. The Kier molecular flexibility index (Phi) is 12.1. The second-order valence-corrected chi connectivity index (χ2v) is 23.8. The summed E-state index contributed by atoms with van der Waals surface area (Å²) in [6.45, 7) is 12.1. The molecule has 0 radical (unpaired) electrons. The van der Waals surface area contributed by atoms with Crippen LogP contribution in [0.5, 0.6) is 0 Å². The highest BCUT2D eigenvalue weighted by Crippen LogP contribution is 2.78. The highest BCUT2D eigenvalue weighted by atomic mass is 32.3. The molecule has 15 atom stereocenters. The van der Waals surface area contributed by atoms with Gasteiger partial charge in [-0.05, 0) is 89.8 Å². The number of carbonyl (C=O) groups excluding carboxylic acids is 2. The molecule has 9 N–H and O–H groups in total. The van der Waals surface area contributed by atoms with Gasteiger partial charge in [0.15, 0.2) is 11.7 Å². The summed E-state index contributed by atoms with van der Waals surface area (Å²) in [6.07, 6.45) is 2.43. The predicted molar refractivity (Wildman–Crippen MR) is 258 cm³/mol. The molecule has 3 saturated heterocycles. The van der Waals surface area contributed by atoms with E-state index in [4.69, 9.17) is 36.7 Å². The highest BCUT2D eigenvalue weighted by molar-refractivity contribution is 7.79. The van der Waals surface area contributed by atoms with Crippen molar-refractivity contribution in [2.24, 2.45) is 29.1 Å². The van der Waals surface area contributed by atoms with Crippen molar-refractivity contribution < 1.29 is 77.1 Å². The Bertz CT molecular complexity index is 3010. The van der Waals surface area contributed by atoms with Crippen molar-refractivity contribution in [2.75, 3.05) is 13.1 Å². The zero-order valence-corrected chi connectivity index (χ0v) is 42.6. The number of aliphatic hydroxyl groups excluding tert-OH is 1. The minimum Gasteiger partial charge on any atom is -0.458 e. The Morgan fingerprint density at radius 2 is 1.63 bits per heavy atom. The maximum atomic E-state index is 13.0. The summed E-state index contributed by atoms with van der Waals surface area (Å²) in [5.74, 6) is -4.75. The molecule has 5 aliphatic heterocycles. The van der Waals surface area contributed by atoms with E-state index in [0.717, 1.165) is 28.6 Å². The van der Waals surface area contributed by atoms with Crippen molar-refractivity contribution in [3.8, 4) is 11.4 Å². The second kappa shape index (κ2) is 16.9. The molecular formula is C52H67N3O17S. The molecule has 2 aromatic heterocycles. The Balaban J connectivity index is 0.000000167. The second-order valence-electron chi connectivity index (χ2n) is 22.9. The molecule has 4 saturated carbocycles. The van der Waals surface area contributed by atoms with E-state index in [2.05, 4.69) is 11.8 Å². The van der Waals surface area contributed by atoms with Gasteiger partial charge >= 0.3 is 22.3 Å². The number of nitrogens with zero attached hydrogens (tertiary/aromatic N) is 3. The minimum absolute atomic E-state index is 0.0606. The van der Waals surface area contributed by atoms with Gasteiger partial charge in [-0.1, -0.05) is 45.0 Å². The zero-order valence-electron chi connectivity index (χ0n) is 41.8. The summed E-state index contributed by atoms with van der Waals surface area (Å²) in [5.41, 5.74) is -7.14. The zero-order chi connectivity index (χ0) is 53.0. The van der Waals surface area contributed by atoms with Crippen LogP contribution in [0.3, 0.4) is 0 Å². The highest BCUT2D eigenvalue weighted by Gasteiger charge is 2.89. The van der Waals surface area contributed by atoms with Gasteiger partial charge in [0.25, 0.3) is 5.56 Å². The van der Waals surface area contributed by atoms with Crippen molar-refractivity contribution in [3.63, 3.8) is 0 Å². The van der Waals surface area contributed by atoms with Gasteiger partial charge in [0.1, 0.15) is 29.0 Å². The van der Waals surface area contributed by atoms with Crippen molar-refractivity contribution in [2.45, 2.75) is 170 Å². The summed E-state index contributed by atoms with van der Waals surface area (Å²) in [4.78, 5) is 44.8.